The van der Waals surface area contributed by atoms with Crippen molar-refractivity contribution in [1.29, 1.82) is 0 Å². The highest BCUT2D eigenvalue weighted by molar-refractivity contribution is 6.31. The van der Waals surface area contributed by atoms with Crippen LogP contribution in [-0.2, 0) is 4.79 Å². The van der Waals surface area contributed by atoms with Gasteiger partial charge in [0.2, 0.25) is 5.91 Å². The molecule has 1 aromatic carbocycles. The number of carbonyl (C=O) groups excluding carboxylic acids is 1. The van der Waals surface area contributed by atoms with Crippen LogP contribution in [0.25, 0.3) is 0 Å². The fourth-order valence-corrected chi connectivity index (χ4v) is 1.56. The summed E-state index contributed by atoms with van der Waals surface area (Å²) in [7, 11) is 0. The summed E-state index contributed by atoms with van der Waals surface area (Å²) in [6, 6.07) is 7.28. The van der Waals surface area contributed by atoms with Gasteiger partial charge in [0.05, 0.1) is 6.04 Å². The van der Waals surface area contributed by atoms with E-state index < -0.39 is 0 Å². The molecule has 0 saturated heterocycles. The number of carbonyl (C=O) groups is 1. The molecule has 1 N–H and O–H groups in total. The van der Waals surface area contributed by atoms with Gasteiger partial charge in [0.15, 0.2) is 0 Å². The Bertz CT molecular complexity index is 328. The predicted octanol–water partition coefficient (Wildman–Crippen LogP) is 2.76. The maximum absolute atomic E-state index is 11.0. The quantitative estimate of drug-likeness (QED) is 0.797. The van der Waals surface area contributed by atoms with Gasteiger partial charge in [0.25, 0.3) is 0 Å². The molecule has 1 atom stereocenters. The second kappa shape index (κ2) is 5.23. The highest BCUT2D eigenvalue weighted by atomic mass is 35.5. The normalized spacial score (nSPS) is 12.2. The van der Waals surface area contributed by atoms with E-state index in [-0.39, 0.29) is 17.8 Å². The molecule has 76 valence electrons. The van der Waals surface area contributed by atoms with Crippen LogP contribution in [0.5, 0.6) is 0 Å². The van der Waals surface area contributed by atoms with Gasteiger partial charge >= 0.3 is 0 Å². The van der Waals surface area contributed by atoms with Crippen molar-refractivity contribution >= 4 is 29.1 Å². The molecule has 14 heavy (non-hydrogen) atoms. The van der Waals surface area contributed by atoms with Gasteiger partial charge in [-0.15, -0.1) is 11.6 Å². The Balaban J connectivity index is 2.74. The summed E-state index contributed by atoms with van der Waals surface area (Å²) < 4.78 is 0. The lowest BCUT2D eigenvalue weighted by atomic mass is 10.1. The van der Waals surface area contributed by atoms with E-state index in [1.165, 1.54) is 0 Å². The van der Waals surface area contributed by atoms with Gasteiger partial charge in [0.1, 0.15) is 5.88 Å². The number of benzene rings is 1. The molecule has 0 heterocycles. The first-order valence-electron chi connectivity index (χ1n) is 4.25. The lowest BCUT2D eigenvalue weighted by molar-refractivity contribution is -0.119. The van der Waals surface area contributed by atoms with Crippen molar-refractivity contribution in [3.8, 4) is 0 Å². The molecule has 1 amide bonds. The number of alkyl halides is 1. The summed E-state index contributed by atoms with van der Waals surface area (Å²) in [5.41, 5.74) is 0.896. The van der Waals surface area contributed by atoms with Gasteiger partial charge in [-0.1, -0.05) is 29.8 Å². The van der Waals surface area contributed by atoms with Crippen LogP contribution in [0, 0.1) is 0 Å². The Labute approximate surface area is 93.2 Å². The van der Waals surface area contributed by atoms with Crippen molar-refractivity contribution < 1.29 is 4.79 Å². The van der Waals surface area contributed by atoms with Crippen LogP contribution in [0.2, 0.25) is 5.02 Å². The molecule has 4 heteroatoms. The predicted molar refractivity (Wildman–Crippen MR) is 58.7 cm³/mol. The maximum Gasteiger partial charge on any atom is 0.235 e. The second-order valence-corrected chi connectivity index (χ2v) is 3.62. The SMILES string of the molecule is C[C@@H](NC(=O)CCl)c1ccccc1Cl. The van der Waals surface area contributed by atoms with E-state index in [0.717, 1.165) is 5.56 Å². The van der Waals surface area contributed by atoms with Gasteiger partial charge in [-0.25, -0.2) is 0 Å². The average molecular weight is 232 g/mol. The Morgan fingerprint density at radius 2 is 2.14 bits per heavy atom. The van der Waals surface area contributed by atoms with Crippen LogP contribution in [0.3, 0.4) is 0 Å². The third-order valence-corrected chi connectivity index (χ3v) is 2.46. The molecule has 0 aliphatic heterocycles. The minimum atomic E-state index is -0.195. The van der Waals surface area contributed by atoms with Gasteiger partial charge in [-0.3, -0.25) is 4.79 Å². The van der Waals surface area contributed by atoms with Crippen LogP contribution in [0.1, 0.15) is 18.5 Å². The first-order chi connectivity index (χ1) is 6.65. The van der Waals surface area contributed by atoms with E-state index in [1.54, 1.807) is 6.07 Å². The van der Waals surface area contributed by atoms with Crippen molar-refractivity contribution in [2.24, 2.45) is 0 Å². The third-order valence-electron chi connectivity index (χ3n) is 1.87. The molecule has 0 aliphatic rings. The maximum atomic E-state index is 11.0. The first kappa shape index (κ1) is 11.3. The summed E-state index contributed by atoms with van der Waals surface area (Å²) in [5.74, 6) is -0.228. The van der Waals surface area contributed by atoms with Crippen molar-refractivity contribution in [1.82, 2.24) is 5.32 Å². The fourth-order valence-electron chi connectivity index (χ4n) is 1.18. The zero-order chi connectivity index (χ0) is 10.6. The van der Waals surface area contributed by atoms with Crippen LogP contribution in [0.4, 0.5) is 0 Å². The molecule has 0 radical (unpaired) electrons. The Morgan fingerprint density at radius 3 is 2.71 bits per heavy atom. The molecule has 0 aromatic heterocycles. The summed E-state index contributed by atoms with van der Waals surface area (Å²) in [4.78, 5) is 11.0. The molecule has 2 nitrogen and oxygen atoms in total. The monoisotopic (exact) mass is 231 g/mol. The number of halogens is 2. The van der Waals surface area contributed by atoms with Gasteiger partial charge in [-0.2, -0.15) is 0 Å². The number of amides is 1. The van der Waals surface area contributed by atoms with E-state index in [4.69, 9.17) is 23.2 Å². The minimum Gasteiger partial charge on any atom is -0.348 e. The number of hydrogen-bond donors (Lipinski definition) is 1. The van der Waals surface area contributed by atoms with E-state index in [9.17, 15) is 4.79 Å². The van der Waals surface area contributed by atoms with Crippen molar-refractivity contribution in [3.63, 3.8) is 0 Å². The molecule has 0 bridgehead atoms. The Kier molecular flexibility index (Phi) is 4.23. The van der Waals surface area contributed by atoms with Crippen LogP contribution in [-0.4, -0.2) is 11.8 Å². The van der Waals surface area contributed by atoms with E-state index in [1.807, 2.05) is 25.1 Å². The van der Waals surface area contributed by atoms with Crippen molar-refractivity contribution in [3.05, 3.63) is 34.9 Å². The fraction of sp³-hybridized carbons (Fsp3) is 0.300. The molecule has 0 unspecified atom stereocenters. The van der Waals surface area contributed by atoms with Crippen LogP contribution < -0.4 is 5.32 Å². The van der Waals surface area contributed by atoms with E-state index in [0.29, 0.717) is 5.02 Å². The molecule has 0 fully saturated rings. The molecule has 1 rings (SSSR count). The standard InChI is InChI=1S/C10H11Cl2NO/c1-7(13-10(14)6-11)8-4-2-3-5-9(8)12/h2-5,7H,6H2,1H3,(H,13,14)/t7-/m1/s1. The molecular weight excluding hydrogens is 221 g/mol. The highest BCUT2D eigenvalue weighted by Crippen LogP contribution is 2.21. The first-order valence-corrected chi connectivity index (χ1v) is 5.16. The summed E-state index contributed by atoms with van der Waals surface area (Å²) in [5, 5.41) is 3.38. The van der Waals surface area contributed by atoms with E-state index >= 15 is 0 Å². The number of nitrogens with one attached hydrogen (secondary N) is 1. The third kappa shape index (κ3) is 2.89. The van der Waals surface area contributed by atoms with Crippen molar-refractivity contribution in [2.75, 3.05) is 5.88 Å². The molecule has 1 aromatic rings. The lowest BCUT2D eigenvalue weighted by Crippen LogP contribution is -2.27. The number of rotatable bonds is 3. The highest BCUT2D eigenvalue weighted by Gasteiger charge is 2.10. The van der Waals surface area contributed by atoms with Crippen LogP contribution in [0.15, 0.2) is 24.3 Å². The molecular formula is C10H11Cl2NO. The van der Waals surface area contributed by atoms with Crippen LogP contribution >= 0.6 is 23.2 Å². The van der Waals surface area contributed by atoms with Gasteiger partial charge in [-0.05, 0) is 18.6 Å². The summed E-state index contributed by atoms with van der Waals surface area (Å²) in [6.07, 6.45) is 0. The number of hydrogen-bond acceptors (Lipinski definition) is 1. The van der Waals surface area contributed by atoms with Gasteiger partial charge in [0, 0.05) is 5.02 Å². The summed E-state index contributed by atoms with van der Waals surface area (Å²) >= 11 is 11.3. The molecule has 0 spiro atoms. The lowest BCUT2D eigenvalue weighted by Gasteiger charge is -2.14. The zero-order valence-corrected chi connectivity index (χ0v) is 9.27. The summed E-state index contributed by atoms with van der Waals surface area (Å²) in [6.45, 7) is 1.87. The molecule has 0 aliphatic carbocycles. The Hall–Kier alpha value is -0.730. The molecule has 0 saturated carbocycles. The zero-order valence-electron chi connectivity index (χ0n) is 7.76. The largest absolute Gasteiger partial charge is 0.348 e. The Morgan fingerprint density at radius 1 is 1.50 bits per heavy atom. The average Bonchev–Trinajstić information content (AvgIpc) is 2.18. The topological polar surface area (TPSA) is 29.1 Å². The van der Waals surface area contributed by atoms with E-state index in [2.05, 4.69) is 5.32 Å². The van der Waals surface area contributed by atoms with Crippen molar-refractivity contribution in [2.45, 2.75) is 13.0 Å². The smallest absolute Gasteiger partial charge is 0.235 e. The minimum absolute atomic E-state index is 0.0329. The second-order valence-electron chi connectivity index (χ2n) is 2.94. The van der Waals surface area contributed by atoms with Gasteiger partial charge < -0.3 is 5.32 Å².